The number of methoxy groups -OCH3 is 1. The number of thioether (sulfide) groups is 1. The van der Waals surface area contributed by atoms with Crippen molar-refractivity contribution < 1.29 is 14.3 Å². The van der Waals surface area contributed by atoms with Crippen LogP contribution < -0.4 is 5.32 Å². The number of hydrogen-bond acceptors (Lipinski definition) is 5. The Morgan fingerprint density at radius 1 is 1.35 bits per heavy atom. The van der Waals surface area contributed by atoms with Crippen LogP contribution in [0.15, 0.2) is 0 Å². The van der Waals surface area contributed by atoms with E-state index in [1.54, 1.807) is 0 Å². The zero-order valence-corrected chi connectivity index (χ0v) is 14.0. The zero-order valence-electron chi connectivity index (χ0n) is 12.4. The minimum Gasteiger partial charge on any atom is -0.438 e. The fourth-order valence-electron chi connectivity index (χ4n) is 3.00. The number of unbranched alkanes of at least 4 members (excludes halogenated alkanes) is 1. The Kier molecular flexibility index (Phi) is 7.48. The van der Waals surface area contributed by atoms with E-state index in [1.165, 1.54) is 52.1 Å². The third kappa shape index (κ3) is 4.43. The molecule has 6 heteroatoms. The molecule has 4 nitrogen and oxygen atoms in total. The first-order chi connectivity index (χ1) is 9.19. The van der Waals surface area contributed by atoms with Crippen molar-refractivity contribution >= 4 is 30.3 Å². The van der Waals surface area contributed by atoms with Gasteiger partial charge in [0.15, 0.2) is 6.23 Å². The number of ether oxygens (including phenoxy) is 2. The van der Waals surface area contributed by atoms with E-state index < -0.39 is 6.16 Å². The molecule has 118 valence electrons. The first-order valence-corrected chi connectivity index (χ1v) is 8.27. The second-order valence-electron chi connectivity index (χ2n) is 5.49. The molecule has 0 amide bonds. The normalized spacial score (nSPS) is 27.9. The first-order valence-electron chi connectivity index (χ1n) is 7.39. The number of rotatable bonds is 4. The second kappa shape index (κ2) is 8.35. The van der Waals surface area contributed by atoms with Gasteiger partial charge in [0.1, 0.15) is 0 Å². The van der Waals surface area contributed by atoms with Gasteiger partial charge in [0, 0.05) is 0 Å². The molecule has 0 aromatic rings. The summed E-state index contributed by atoms with van der Waals surface area (Å²) in [4.78, 5) is 11.5. The van der Waals surface area contributed by atoms with Crippen molar-refractivity contribution in [2.75, 3.05) is 7.11 Å². The highest BCUT2D eigenvalue weighted by atomic mass is 35.5. The number of nitrogens with one attached hydrogen (secondary N) is 1. The van der Waals surface area contributed by atoms with Crippen LogP contribution in [0, 0.1) is 0 Å². The molecule has 0 radical (unpaired) electrons. The standard InChI is InChI=1S/C14H25NO3S.ClH/c1-3-4-8-11-12(18-13(16)17-2)15-14(19-11)9-6-5-7-10-14;/h11-12,15H,3-10H2,1-2H3;1H. The molecule has 1 aliphatic heterocycles. The third-order valence-corrected chi connectivity index (χ3v) is 5.78. The number of carbonyl (C=O) groups is 1. The highest BCUT2D eigenvalue weighted by Crippen LogP contribution is 2.47. The molecule has 20 heavy (non-hydrogen) atoms. The Bertz CT molecular complexity index is 311. The van der Waals surface area contributed by atoms with E-state index >= 15 is 0 Å². The Morgan fingerprint density at radius 3 is 2.65 bits per heavy atom. The van der Waals surface area contributed by atoms with Gasteiger partial charge in [0.25, 0.3) is 0 Å². The number of carbonyl (C=O) groups excluding carboxylic acids is 1. The lowest BCUT2D eigenvalue weighted by Crippen LogP contribution is -2.45. The summed E-state index contributed by atoms with van der Waals surface area (Å²) in [6, 6.07) is 0. The van der Waals surface area contributed by atoms with Crippen LogP contribution in [0.5, 0.6) is 0 Å². The summed E-state index contributed by atoms with van der Waals surface area (Å²) in [5.74, 6) is 0. The lowest BCUT2D eigenvalue weighted by molar-refractivity contribution is 0.0184. The van der Waals surface area contributed by atoms with E-state index in [0.717, 1.165) is 6.42 Å². The predicted molar refractivity (Wildman–Crippen MR) is 84.4 cm³/mol. The van der Waals surface area contributed by atoms with E-state index in [2.05, 4.69) is 17.0 Å². The van der Waals surface area contributed by atoms with Crippen molar-refractivity contribution in [2.45, 2.75) is 74.6 Å². The molecule has 2 rings (SSSR count). The van der Waals surface area contributed by atoms with Crippen LogP contribution in [0.1, 0.15) is 58.3 Å². The lowest BCUT2D eigenvalue weighted by atomic mass is 9.94. The summed E-state index contributed by atoms with van der Waals surface area (Å²) in [6.45, 7) is 2.19. The summed E-state index contributed by atoms with van der Waals surface area (Å²) < 4.78 is 10.0. The molecule has 1 heterocycles. The van der Waals surface area contributed by atoms with Crippen LogP contribution in [0.25, 0.3) is 0 Å². The monoisotopic (exact) mass is 323 g/mol. The Morgan fingerprint density at radius 2 is 2.05 bits per heavy atom. The Labute approximate surface area is 132 Å². The van der Waals surface area contributed by atoms with Gasteiger partial charge in [0.05, 0.1) is 17.2 Å². The third-order valence-electron chi connectivity index (χ3n) is 4.01. The SMILES string of the molecule is CCCCC1SC2(CCCCC2)NC1OC(=O)OC.Cl. The molecule has 2 fully saturated rings. The van der Waals surface area contributed by atoms with Gasteiger partial charge in [-0.3, -0.25) is 5.32 Å². The maximum absolute atomic E-state index is 11.4. The van der Waals surface area contributed by atoms with Crippen LogP contribution in [0.4, 0.5) is 4.79 Å². The molecule has 1 aliphatic carbocycles. The molecule has 0 aromatic carbocycles. The largest absolute Gasteiger partial charge is 0.509 e. The first kappa shape index (κ1) is 17.9. The van der Waals surface area contributed by atoms with Gasteiger partial charge < -0.3 is 9.47 Å². The average Bonchev–Trinajstić information content (AvgIpc) is 2.74. The van der Waals surface area contributed by atoms with E-state index in [0.29, 0.717) is 5.25 Å². The maximum atomic E-state index is 11.4. The van der Waals surface area contributed by atoms with Crippen LogP contribution >= 0.6 is 24.2 Å². The van der Waals surface area contributed by atoms with E-state index in [4.69, 9.17) is 4.74 Å². The quantitative estimate of drug-likeness (QED) is 0.790. The molecule has 2 unspecified atom stereocenters. The Balaban J connectivity index is 0.00000200. The lowest BCUT2D eigenvalue weighted by Gasteiger charge is -2.33. The van der Waals surface area contributed by atoms with Gasteiger partial charge >= 0.3 is 6.16 Å². The highest BCUT2D eigenvalue weighted by molar-refractivity contribution is 8.01. The van der Waals surface area contributed by atoms with Crippen LogP contribution in [0.3, 0.4) is 0 Å². The van der Waals surface area contributed by atoms with Crippen molar-refractivity contribution in [3.05, 3.63) is 0 Å². The fraction of sp³-hybridized carbons (Fsp3) is 0.929. The second-order valence-corrected chi connectivity index (χ2v) is 7.11. The topological polar surface area (TPSA) is 47.6 Å². The highest BCUT2D eigenvalue weighted by Gasteiger charge is 2.47. The van der Waals surface area contributed by atoms with Crippen LogP contribution in [-0.4, -0.2) is 29.6 Å². The van der Waals surface area contributed by atoms with Gasteiger partial charge in [0.2, 0.25) is 0 Å². The molecule has 1 saturated carbocycles. The smallest absolute Gasteiger partial charge is 0.438 e. The molecule has 2 atom stereocenters. The van der Waals surface area contributed by atoms with Gasteiger partial charge in [-0.1, -0.05) is 39.0 Å². The summed E-state index contributed by atoms with van der Waals surface area (Å²) in [6.07, 6.45) is 8.91. The molecule has 1 spiro atoms. The molecule has 0 bridgehead atoms. The van der Waals surface area contributed by atoms with Crippen LogP contribution in [-0.2, 0) is 9.47 Å². The van der Waals surface area contributed by atoms with Gasteiger partial charge in [-0.2, -0.15) is 0 Å². The summed E-state index contributed by atoms with van der Waals surface area (Å²) >= 11 is 1.99. The van der Waals surface area contributed by atoms with Crippen molar-refractivity contribution in [1.82, 2.24) is 5.32 Å². The molecule has 1 saturated heterocycles. The molecular weight excluding hydrogens is 298 g/mol. The predicted octanol–water partition coefficient (Wildman–Crippen LogP) is 4.07. The number of hydrogen-bond donors (Lipinski definition) is 1. The summed E-state index contributed by atoms with van der Waals surface area (Å²) in [5, 5.41) is 3.93. The average molecular weight is 324 g/mol. The van der Waals surface area contributed by atoms with Gasteiger partial charge in [-0.25, -0.2) is 4.79 Å². The minimum atomic E-state index is -0.576. The van der Waals surface area contributed by atoms with Gasteiger partial charge in [-0.05, 0) is 19.3 Å². The molecular formula is C14H26ClNO3S. The molecule has 1 N–H and O–H groups in total. The number of halogens is 1. The van der Waals surface area contributed by atoms with Gasteiger partial charge in [-0.15, -0.1) is 24.2 Å². The maximum Gasteiger partial charge on any atom is 0.509 e. The van der Waals surface area contributed by atoms with E-state index in [9.17, 15) is 4.79 Å². The van der Waals surface area contributed by atoms with E-state index in [1.807, 2.05) is 11.8 Å². The van der Waals surface area contributed by atoms with Crippen molar-refractivity contribution in [3.63, 3.8) is 0 Å². The minimum absolute atomic E-state index is 0. The van der Waals surface area contributed by atoms with Crippen molar-refractivity contribution in [3.8, 4) is 0 Å². The summed E-state index contributed by atoms with van der Waals surface area (Å²) in [5.41, 5.74) is 0. The molecule has 0 aromatic heterocycles. The van der Waals surface area contributed by atoms with Crippen molar-refractivity contribution in [2.24, 2.45) is 0 Å². The summed E-state index contributed by atoms with van der Waals surface area (Å²) in [7, 11) is 1.36. The Hall–Kier alpha value is -0.130. The fourth-order valence-corrected chi connectivity index (χ4v) is 4.82. The van der Waals surface area contributed by atoms with Crippen molar-refractivity contribution in [1.29, 1.82) is 0 Å². The van der Waals surface area contributed by atoms with E-state index in [-0.39, 0.29) is 23.5 Å². The van der Waals surface area contributed by atoms with Crippen LogP contribution in [0.2, 0.25) is 0 Å². The molecule has 2 aliphatic rings. The zero-order chi connectivity index (χ0) is 13.7.